The topological polar surface area (TPSA) is 116 Å². The van der Waals surface area contributed by atoms with Crippen LogP contribution < -0.4 is 16.0 Å². The van der Waals surface area contributed by atoms with Gasteiger partial charge in [-0.3, -0.25) is 14.2 Å². The molecule has 2 aromatic rings. The standard InChI is InChI=1S/C19H25N5O6/c1-5-30-19(28)23-8-6-22(7-9-23)13(25)11-24-17(26)14-15(29-4)12(2)10-20-16(14)21(3)18(24)27/h10H,5-9,11H2,1-4H3. The van der Waals surface area contributed by atoms with Gasteiger partial charge in [-0.1, -0.05) is 0 Å². The van der Waals surface area contributed by atoms with E-state index < -0.39 is 23.9 Å². The number of hydrogen-bond donors (Lipinski definition) is 0. The van der Waals surface area contributed by atoms with Crippen LogP contribution >= 0.6 is 0 Å². The lowest BCUT2D eigenvalue weighted by Gasteiger charge is -2.34. The molecule has 0 saturated carbocycles. The first-order valence-corrected chi connectivity index (χ1v) is 9.62. The Bertz CT molecular complexity index is 1100. The number of piperazine rings is 1. The predicted molar refractivity (Wildman–Crippen MR) is 108 cm³/mol. The van der Waals surface area contributed by atoms with Crippen molar-refractivity contribution in [2.24, 2.45) is 7.05 Å². The van der Waals surface area contributed by atoms with Crippen molar-refractivity contribution in [3.05, 3.63) is 32.6 Å². The Morgan fingerprint density at radius 1 is 1.13 bits per heavy atom. The smallest absolute Gasteiger partial charge is 0.409 e. The molecule has 0 atom stereocenters. The molecule has 0 N–H and O–H groups in total. The molecule has 1 aliphatic rings. The Morgan fingerprint density at radius 2 is 1.77 bits per heavy atom. The van der Waals surface area contributed by atoms with E-state index in [0.29, 0.717) is 37.5 Å². The van der Waals surface area contributed by atoms with Gasteiger partial charge >= 0.3 is 11.8 Å². The van der Waals surface area contributed by atoms with Crippen LogP contribution in [0.1, 0.15) is 12.5 Å². The van der Waals surface area contributed by atoms with Gasteiger partial charge in [0.05, 0.1) is 13.7 Å². The molecule has 0 unspecified atom stereocenters. The Hall–Kier alpha value is -3.37. The molecule has 0 aliphatic carbocycles. The zero-order chi connectivity index (χ0) is 22.0. The molecule has 30 heavy (non-hydrogen) atoms. The normalized spacial score (nSPS) is 14.1. The summed E-state index contributed by atoms with van der Waals surface area (Å²) in [6.45, 7) is 4.59. The summed E-state index contributed by atoms with van der Waals surface area (Å²) in [7, 11) is 2.93. The fourth-order valence-electron chi connectivity index (χ4n) is 3.51. The predicted octanol–water partition coefficient (Wildman–Crippen LogP) is -0.287. The summed E-state index contributed by atoms with van der Waals surface area (Å²) >= 11 is 0. The van der Waals surface area contributed by atoms with Crippen molar-refractivity contribution in [2.75, 3.05) is 39.9 Å². The fraction of sp³-hybridized carbons (Fsp3) is 0.526. The van der Waals surface area contributed by atoms with Crippen molar-refractivity contribution < 1.29 is 19.1 Å². The van der Waals surface area contributed by atoms with E-state index in [1.165, 1.54) is 34.7 Å². The molecule has 2 amide bonds. The molecule has 1 saturated heterocycles. The summed E-state index contributed by atoms with van der Waals surface area (Å²) in [4.78, 5) is 57.6. The third kappa shape index (κ3) is 3.74. The van der Waals surface area contributed by atoms with E-state index in [1.807, 2.05) is 0 Å². The molecule has 2 aromatic heterocycles. The number of amides is 2. The summed E-state index contributed by atoms with van der Waals surface area (Å²) in [5.41, 5.74) is -0.419. The highest BCUT2D eigenvalue weighted by Gasteiger charge is 2.26. The fourth-order valence-corrected chi connectivity index (χ4v) is 3.51. The van der Waals surface area contributed by atoms with Gasteiger partial charge < -0.3 is 19.3 Å². The van der Waals surface area contributed by atoms with Gasteiger partial charge in [0.15, 0.2) is 5.65 Å². The summed E-state index contributed by atoms with van der Waals surface area (Å²) < 4.78 is 12.4. The SMILES string of the molecule is CCOC(=O)N1CCN(C(=O)Cn2c(=O)c3c(OC)c(C)cnc3n(C)c2=O)CC1. The first kappa shape index (κ1) is 21.3. The van der Waals surface area contributed by atoms with Gasteiger partial charge in [0, 0.05) is 45.0 Å². The highest BCUT2D eigenvalue weighted by atomic mass is 16.6. The number of ether oxygens (including phenoxy) is 2. The molecule has 11 nitrogen and oxygen atoms in total. The first-order chi connectivity index (χ1) is 14.3. The second-order valence-electron chi connectivity index (χ2n) is 6.97. The van der Waals surface area contributed by atoms with Gasteiger partial charge in [0.1, 0.15) is 17.7 Å². The maximum absolute atomic E-state index is 13.1. The van der Waals surface area contributed by atoms with Crippen molar-refractivity contribution in [3.63, 3.8) is 0 Å². The zero-order valence-electron chi connectivity index (χ0n) is 17.5. The Labute approximate surface area is 172 Å². The van der Waals surface area contributed by atoms with E-state index in [9.17, 15) is 19.2 Å². The van der Waals surface area contributed by atoms with Crippen LogP contribution in [-0.2, 0) is 23.1 Å². The van der Waals surface area contributed by atoms with Crippen molar-refractivity contribution in [1.29, 1.82) is 0 Å². The second-order valence-corrected chi connectivity index (χ2v) is 6.97. The van der Waals surface area contributed by atoms with Gasteiger partial charge in [-0.25, -0.2) is 19.1 Å². The van der Waals surface area contributed by atoms with Crippen LogP contribution in [-0.4, -0.2) is 75.8 Å². The molecular weight excluding hydrogens is 394 g/mol. The molecule has 0 spiro atoms. The molecule has 0 radical (unpaired) electrons. The molecule has 3 heterocycles. The average Bonchev–Trinajstić information content (AvgIpc) is 2.75. The molecule has 162 valence electrons. The van der Waals surface area contributed by atoms with Gasteiger partial charge in [-0.05, 0) is 13.8 Å². The third-order valence-electron chi connectivity index (χ3n) is 5.14. The van der Waals surface area contributed by atoms with Gasteiger partial charge in [-0.2, -0.15) is 0 Å². The van der Waals surface area contributed by atoms with Crippen LogP contribution in [0.2, 0.25) is 0 Å². The number of carbonyl (C=O) groups is 2. The van der Waals surface area contributed by atoms with Crippen LogP contribution in [0.5, 0.6) is 5.75 Å². The summed E-state index contributed by atoms with van der Waals surface area (Å²) in [5.74, 6) is -0.0542. The lowest BCUT2D eigenvalue weighted by Crippen LogP contribution is -2.52. The lowest BCUT2D eigenvalue weighted by atomic mass is 10.2. The van der Waals surface area contributed by atoms with Crippen molar-refractivity contribution >= 4 is 23.0 Å². The van der Waals surface area contributed by atoms with Crippen LogP contribution in [0.4, 0.5) is 4.79 Å². The quantitative estimate of drug-likeness (QED) is 0.669. The van der Waals surface area contributed by atoms with Crippen LogP contribution in [0.25, 0.3) is 11.0 Å². The molecule has 1 aliphatic heterocycles. The summed E-state index contributed by atoms with van der Waals surface area (Å²) in [6, 6.07) is 0. The van der Waals surface area contributed by atoms with E-state index in [-0.39, 0.29) is 23.5 Å². The van der Waals surface area contributed by atoms with Gasteiger partial charge in [0.25, 0.3) is 5.56 Å². The van der Waals surface area contributed by atoms with E-state index >= 15 is 0 Å². The number of aryl methyl sites for hydroxylation is 2. The van der Waals surface area contributed by atoms with Gasteiger partial charge in [-0.15, -0.1) is 0 Å². The van der Waals surface area contributed by atoms with E-state index in [4.69, 9.17) is 9.47 Å². The Morgan fingerprint density at radius 3 is 2.37 bits per heavy atom. The number of methoxy groups -OCH3 is 1. The van der Waals surface area contributed by atoms with Crippen LogP contribution in [0.3, 0.4) is 0 Å². The Kier molecular flexibility index (Phi) is 6.09. The minimum Gasteiger partial charge on any atom is -0.495 e. The molecule has 3 rings (SSSR count). The Balaban J connectivity index is 1.88. The third-order valence-corrected chi connectivity index (χ3v) is 5.14. The second kappa shape index (κ2) is 8.56. The molecule has 0 aromatic carbocycles. The lowest BCUT2D eigenvalue weighted by molar-refractivity contribution is -0.133. The largest absolute Gasteiger partial charge is 0.495 e. The number of aromatic nitrogens is 3. The summed E-state index contributed by atoms with van der Waals surface area (Å²) in [5, 5.41) is 0.152. The van der Waals surface area contributed by atoms with Crippen molar-refractivity contribution in [1.82, 2.24) is 23.9 Å². The molecule has 11 heteroatoms. The van der Waals surface area contributed by atoms with E-state index in [2.05, 4.69) is 4.98 Å². The molecule has 0 bridgehead atoms. The monoisotopic (exact) mass is 419 g/mol. The number of nitrogens with zero attached hydrogens (tertiary/aromatic N) is 5. The molecular formula is C19H25N5O6. The minimum absolute atomic E-state index is 0.152. The van der Waals surface area contributed by atoms with Crippen LogP contribution in [0, 0.1) is 6.92 Å². The van der Waals surface area contributed by atoms with E-state index in [0.717, 1.165) is 4.57 Å². The highest BCUT2D eigenvalue weighted by Crippen LogP contribution is 2.23. The number of rotatable bonds is 4. The first-order valence-electron chi connectivity index (χ1n) is 9.62. The minimum atomic E-state index is -0.635. The van der Waals surface area contributed by atoms with Crippen molar-refractivity contribution in [2.45, 2.75) is 20.4 Å². The average molecular weight is 419 g/mol. The number of fused-ring (bicyclic) bond motifs is 1. The number of pyridine rings is 1. The molecule has 1 fully saturated rings. The maximum Gasteiger partial charge on any atom is 0.409 e. The van der Waals surface area contributed by atoms with Gasteiger partial charge in [0.2, 0.25) is 5.91 Å². The van der Waals surface area contributed by atoms with E-state index in [1.54, 1.807) is 13.8 Å². The number of hydrogen-bond acceptors (Lipinski definition) is 7. The van der Waals surface area contributed by atoms with Crippen molar-refractivity contribution in [3.8, 4) is 5.75 Å². The maximum atomic E-state index is 13.1. The zero-order valence-corrected chi connectivity index (χ0v) is 17.5. The number of carbonyl (C=O) groups excluding carboxylic acids is 2. The highest BCUT2D eigenvalue weighted by molar-refractivity contribution is 5.83. The van der Waals surface area contributed by atoms with Crippen LogP contribution in [0.15, 0.2) is 15.8 Å². The summed E-state index contributed by atoms with van der Waals surface area (Å²) in [6.07, 6.45) is 1.11.